The Hall–Kier alpha value is -1.27. The summed E-state index contributed by atoms with van der Waals surface area (Å²) in [5.41, 5.74) is 4.70. The third-order valence-electron chi connectivity index (χ3n) is 2.10. The van der Waals surface area contributed by atoms with E-state index in [-0.39, 0.29) is 5.41 Å². The fourth-order valence-electron chi connectivity index (χ4n) is 1.40. The predicted molar refractivity (Wildman–Crippen MR) is 66.2 cm³/mol. The molecular weight excluding hydrogens is 222 g/mol. The van der Waals surface area contributed by atoms with E-state index in [0.717, 1.165) is 11.3 Å². The highest BCUT2D eigenvalue weighted by atomic mass is 32.1. The molecule has 0 saturated heterocycles. The first-order chi connectivity index (χ1) is 7.45. The third-order valence-corrected chi connectivity index (χ3v) is 2.39. The van der Waals surface area contributed by atoms with Crippen LogP contribution in [0.2, 0.25) is 0 Å². The Kier molecular flexibility index (Phi) is 4.14. The van der Waals surface area contributed by atoms with Crippen LogP contribution in [-0.4, -0.2) is 15.1 Å². The van der Waals surface area contributed by atoms with Crippen molar-refractivity contribution >= 4 is 17.3 Å². The Labute approximate surface area is 101 Å². The van der Waals surface area contributed by atoms with Crippen molar-refractivity contribution in [2.75, 3.05) is 0 Å². The normalized spacial score (nSPS) is 11.0. The Morgan fingerprint density at radius 3 is 2.75 bits per heavy atom. The lowest BCUT2D eigenvalue weighted by Gasteiger charge is -2.21. The minimum atomic E-state index is -0.000530. The molecule has 1 heterocycles. The molecule has 0 saturated carbocycles. The van der Waals surface area contributed by atoms with E-state index >= 15 is 0 Å². The van der Waals surface area contributed by atoms with E-state index in [1.807, 2.05) is 6.20 Å². The van der Waals surface area contributed by atoms with E-state index in [9.17, 15) is 0 Å². The number of hydrogen-bond acceptors (Lipinski definition) is 3. The molecule has 0 radical (unpaired) electrons. The fourth-order valence-corrected chi connectivity index (χ4v) is 1.47. The van der Waals surface area contributed by atoms with Gasteiger partial charge in [0.15, 0.2) is 0 Å². The maximum atomic E-state index is 4.97. The molecule has 1 rings (SSSR count). The second-order valence-electron chi connectivity index (χ2n) is 4.51. The molecule has 0 amide bonds. The van der Waals surface area contributed by atoms with Crippen LogP contribution in [0, 0.1) is 0 Å². The van der Waals surface area contributed by atoms with Gasteiger partial charge < -0.3 is 5.32 Å². The first kappa shape index (κ1) is 12.8. The van der Waals surface area contributed by atoms with Gasteiger partial charge in [-0.25, -0.2) is 15.4 Å². The fraction of sp³-hybridized carbons (Fsp3) is 0.500. The maximum absolute atomic E-state index is 4.97. The average Bonchev–Trinajstić information content (AvgIpc) is 2.25. The molecule has 0 atom stereocenters. The molecule has 0 aliphatic carbocycles. The van der Waals surface area contributed by atoms with Crippen molar-refractivity contribution in [1.82, 2.24) is 20.7 Å². The second kappa shape index (κ2) is 5.18. The van der Waals surface area contributed by atoms with Crippen LogP contribution >= 0.6 is 12.2 Å². The lowest BCUT2D eigenvalue weighted by atomic mass is 9.89. The van der Waals surface area contributed by atoms with Gasteiger partial charge in [0.05, 0.1) is 5.69 Å². The van der Waals surface area contributed by atoms with Crippen LogP contribution in [0.5, 0.6) is 0 Å². The van der Waals surface area contributed by atoms with E-state index < -0.39 is 0 Å². The number of nitrogens with zero attached hydrogens (tertiary/aromatic N) is 2. The van der Waals surface area contributed by atoms with E-state index in [1.165, 1.54) is 0 Å². The zero-order chi connectivity index (χ0) is 12.2. The van der Waals surface area contributed by atoms with E-state index in [0.29, 0.717) is 11.7 Å². The van der Waals surface area contributed by atoms with Crippen LogP contribution < -0.4 is 16.6 Å². The molecule has 0 fully saturated rings. The monoisotopic (exact) mass is 240 g/mol. The second-order valence-corrected chi connectivity index (χ2v) is 4.91. The lowest BCUT2D eigenvalue weighted by Crippen LogP contribution is -2.69. The van der Waals surface area contributed by atoms with Gasteiger partial charge >= 0.3 is 0 Å². The standard InChI is InChI=1S/C10H17N5S/c1-10(2,3)8-7(4-12-6-14-8)5-13-9(16)15-11/h4,6H,5,11H2,1-3H3,(H2,13,15,16)/p+1. The zero-order valence-corrected chi connectivity index (χ0v) is 10.7. The van der Waals surface area contributed by atoms with Gasteiger partial charge in [0, 0.05) is 23.7 Å². The molecule has 5 N–H and O–H groups in total. The summed E-state index contributed by atoms with van der Waals surface area (Å²) in [6.07, 6.45) is 3.38. The van der Waals surface area contributed by atoms with E-state index in [2.05, 4.69) is 47.3 Å². The lowest BCUT2D eigenvalue weighted by molar-refractivity contribution is -0.419. The Bertz CT molecular complexity index is 372. The van der Waals surface area contributed by atoms with Crippen LogP contribution in [0.1, 0.15) is 32.0 Å². The summed E-state index contributed by atoms with van der Waals surface area (Å²) >= 11 is 4.97. The highest BCUT2D eigenvalue weighted by Crippen LogP contribution is 2.22. The van der Waals surface area contributed by atoms with Crippen LogP contribution in [0.25, 0.3) is 0 Å². The highest BCUT2D eigenvalue weighted by Gasteiger charge is 2.19. The minimum absolute atomic E-state index is 0.000530. The Morgan fingerprint density at radius 1 is 1.50 bits per heavy atom. The molecular formula is C10H18N5S+. The highest BCUT2D eigenvalue weighted by molar-refractivity contribution is 7.80. The Morgan fingerprint density at radius 2 is 2.19 bits per heavy atom. The van der Waals surface area contributed by atoms with Crippen molar-refractivity contribution in [3.8, 4) is 0 Å². The van der Waals surface area contributed by atoms with Crippen molar-refractivity contribution in [1.29, 1.82) is 0 Å². The molecule has 5 nitrogen and oxygen atoms in total. The van der Waals surface area contributed by atoms with Crippen molar-refractivity contribution < 1.29 is 5.84 Å². The molecule has 88 valence electrons. The molecule has 0 aliphatic heterocycles. The van der Waals surface area contributed by atoms with Gasteiger partial charge in [-0.2, -0.15) is 0 Å². The summed E-state index contributed by atoms with van der Waals surface area (Å²) < 4.78 is 0. The van der Waals surface area contributed by atoms with Crippen LogP contribution in [0.3, 0.4) is 0 Å². The first-order valence-electron chi connectivity index (χ1n) is 5.05. The molecule has 1 aromatic rings. The minimum Gasteiger partial charge on any atom is -0.355 e. The first-order valence-corrected chi connectivity index (χ1v) is 5.46. The summed E-state index contributed by atoms with van der Waals surface area (Å²) in [7, 11) is 0. The van der Waals surface area contributed by atoms with Crippen molar-refractivity contribution in [2.24, 2.45) is 0 Å². The SMILES string of the molecule is CC(C)(C)c1ncncc1CNC(=S)N[NH3+]. The number of thiocarbonyl (C=S) groups is 1. The molecule has 0 aliphatic rings. The molecule has 16 heavy (non-hydrogen) atoms. The van der Waals surface area contributed by atoms with Gasteiger partial charge in [-0.3, -0.25) is 5.84 Å². The van der Waals surface area contributed by atoms with Gasteiger partial charge in [0.2, 0.25) is 5.11 Å². The predicted octanol–water partition coefficient (Wildman–Crippen LogP) is -0.105. The average molecular weight is 240 g/mol. The van der Waals surface area contributed by atoms with Gasteiger partial charge in [-0.05, 0) is 12.2 Å². The molecule has 0 spiro atoms. The topological polar surface area (TPSA) is 77.5 Å². The Balaban J connectivity index is 2.84. The summed E-state index contributed by atoms with van der Waals surface area (Å²) in [6.45, 7) is 6.97. The van der Waals surface area contributed by atoms with E-state index in [1.54, 1.807) is 6.33 Å². The molecule has 6 heteroatoms. The summed E-state index contributed by atoms with van der Waals surface area (Å²) in [6, 6.07) is 0. The third kappa shape index (κ3) is 3.39. The number of rotatable bonds is 2. The van der Waals surface area contributed by atoms with Crippen LogP contribution in [0.15, 0.2) is 12.5 Å². The van der Waals surface area contributed by atoms with Gasteiger partial charge in [0.25, 0.3) is 0 Å². The van der Waals surface area contributed by atoms with Crippen molar-refractivity contribution in [3.05, 3.63) is 23.8 Å². The number of aromatic nitrogens is 2. The van der Waals surface area contributed by atoms with Gasteiger partial charge in [-0.1, -0.05) is 20.8 Å². The number of nitrogens with one attached hydrogen (secondary N) is 2. The molecule has 0 bridgehead atoms. The summed E-state index contributed by atoms with van der Waals surface area (Å²) in [5, 5.41) is 3.56. The van der Waals surface area contributed by atoms with E-state index in [4.69, 9.17) is 12.2 Å². The molecule has 1 aromatic heterocycles. The van der Waals surface area contributed by atoms with Crippen molar-refractivity contribution in [2.45, 2.75) is 32.7 Å². The largest absolute Gasteiger partial charge is 0.355 e. The smallest absolute Gasteiger partial charge is 0.213 e. The number of quaternary nitrogens is 1. The summed E-state index contributed by atoms with van der Waals surface area (Å²) in [5.74, 6) is 3.48. The number of hydrogen-bond donors (Lipinski definition) is 3. The summed E-state index contributed by atoms with van der Waals surface area (Å²) in [4.78, 5) is 8.36. The van der Waals surface area contributed by atoms with Crippen LogP contribution in [0.4, 0.5) is 0 Å². The van der Waals surface area contributed by atoms with Crippen LogP contribution in [-0.2, 0) is 12.0 Å². The zero-order valence-electron chi connectivity index (χ0n) is 9.87. The molecule has 0 unspecified atom stereocenters. The quantitative estimate of drug-likeness (QED) is 0.497. The maximum Gasteiger partial charge on any atom is 0.213 e. The van der Waals surface area contributed by atoms with Crippen molar-refractivity contribution in [3.63, 3.8) is 0 Å². The molecule has 0 aromatic carbocycles. The van der Waals surface area contributed by atoms with Gasteiger partial charge in [-0.15, -0.1) is 0 Å². The van der Waals surface area contributed by atoms with Gasteiger partial charge in [0.1, 0.15) is 6.33 Å².